The van der Waals surface area contributed by atoms with Gasteiger partial charge in [0.25, 0.3) is 5.91 Å². The lowest BCUT2D eigenvalue weighted by molar-refractivity contribution is 0.0956. The Balaban J connectivity index is 1.51. The van der Waals surface area contributed by atoms with E-state index in [1.54, 1.807) is 16.0 Å². The van der Waals surface area contributed by atoms with Crippen LogP contribution in [0.1, 0.15) is 53.7 Å². The average Bonchev–Trinajstić information content (AvgIpc) is 3.55. The maximum atomic E-state index is 12.1. The minimum atomic E-state index is -0.0508. The van der Waals surface area contributed by atoms with Crippen LogP contribution in [-0.4, -0.2) is 42.9 Å². The molecule has 1 saturated carbocycles. The number of ether oxygens (including phenoxy) is 1. The van der Waals surface area contributed by atoms with Crippen LogP contribution in [0.2, 0.25) is 0 Å². The van der Waals surface area contributed by atoms with Gasteiger partial charge < -0.3 is 14.6 Å². The van der Waals surface area contributed by atoms with E-state index in [2.05, 4.69) is 10.4 Å². The van der Waals surface area contributed by atoms with Gasteiger partial charge in [0.05, 0.1) is 23.0 Å². The summed E-state index contributed by atoms with van der Waals surface area (Å²) in [5.41, 5.74) is 3.33. The lowest BCUT2D eigenvalue weighted by atomic mass is 10.2. The molecule has 0 aliphatic heterocycles. The van der Waals surface area contributed by atoms with Crippen LogP contribution in [0.25, 0.3) is 16.7 Å². The summed E-state index contributed by atoms with van der Waals surface area (Å²) in [5.74, 6) is 1.26. The number of rotatable bonds is 7. The number of fused-ring (bicyclic) bond motifs is 1. The van der Waals surface area contributed by atoms with Crippen LogP contribution < -0.4 is 10.1 Å². The topological polar surface area (TPSA) is 86.9 Å². The highest BCUT2D eigenvalue weighted by atomic mass is 32.1. The summed E-state index contributed by atoms with van der Waals surface area (Å²) in [7, 11) is 1.90. The molecule has 0 saturated heterocycles. The third kappa shape index (κ3) is 4.12. The maximum Gasteiger partial charge on any atom is 0.252 e. The lowest BCUT2D eigenvalue weighted by Crippen LogP contribution is -2.21. The molecule has 0 radical (unpaired) electrons. The predicted molar refractivity (Wildman–Crippen MR) is 124 cm³/mol. The Morgan fingerprint density at radius 2 is 2.16 bits per heavy atom. The van der Waals surface area contributed by atoms with Crippen molar-refractivity contribution in [1.29, 1.82) is 0 Å². The Labute approximate surface area is 190 Å². The smallest absolute Gasteiger partial charge is 0.252 e. The van der Waals surface area contributed by atoms with Crippen molar-refractivity contribution < 1.29 is 9.53 Å². The van der Waals surface area contributed by atoms with E-state index >= 15 is 0 Å². The lowest BCUT2D eigenvalue weighted by Gasteiger charge is -2.15. The van der Waals surface area contributed by atoms with E-state index in [1.807, 2.05) is 54.6 Å². The van der Waals surface area contributed by atoms with Gasteiger partial charge in [-0.3, -0.25) is 9.48 Å². The molecular weight excluding hydrogens is 424 g/mol. The molecule has 1 aliphatic rings. The van der Waals surface area contributed by atoms with Crippen LogP contribution in [0.5, 0.6) is 5.88 Å². The van der Waals surface area contributed by atoms with E-state index in [4.69, 9.17) is 14.7 Å². The Hall–Kier alpha value is -3.20. The van der Waals surface area contributed by atoms with Gasteiger partial charge >= 0.3 is 0 Å². The van der Waals surface area contributed by atoms with Crippen LogP contribution in [-0.2, 0) is 13.5 Å². The zero-order chi connectivity index (χ0) is 22.1. The minimum Gasteiger partial charge on any atom is -0.473 e. The first-order chi connectivity index (χ1) is 15.6. The zero-order valence-electron chi connectivity index (χ0n) is 18.2. The maximum absolute atomic E-state index is 12.1. The Kier molecular flexibility index (Phi) is 5.65. The van der Waals surface area contributed by atoms with E-state index in [1.165, 1.54) is 12.8 Å². The fourth-order valence-electron chi connectivity index (χ4n) is 4.14. The number of nitrogens with zero attached hydrogens (tertiary/aromatic N) is 5. The SMILES string of the molecule is CCNC(=O)c1csc(Cc2nc(OC3CCCC3)c3c(ccn3-c3cnn(C)c3)n2)c1. The van der Waals surface area contributed by atoms with Crippen molar-refractivity contribution >= 4 is 28.3 Å². The van der Waals surface area contributed by atoms with E-state index in [0.717, 1.165) is 34.4 Å². The number of thiophene rings is 1. The first kappa shape index (κ1) is 20.7. The number of carbonyl (C=O) groups excluding carboxylic acids is 1. The second-order valence-corrected chi connectivity index (χ2v) is 9.09. The van der Waals surface area contributed by atoms with Crippen molar-refractivity contribution in [3.63, 3.8) is 0 Å². The standard InChI is InChI=1S/C23H26N6O2S/c1-3-24-22(30)15-10-18(32-14-15)11-20-26-19-8-9-29(16-12-25-28(2)13-16)21(19)23(27-20)31-17-6-4-5-7-17/h8-10,12-14,17H,3-7,11H2,1-2H3,(H,24,30). The molecule has 1 fully saturated rings. The number of aromatic nitrogens is 5. The van der Waals surface area contributed by atoms with Crippen LogP contribution in [0.3, 0.4) is 0 Å². The normalized spacial score (nSPS) is 14.3. The van der Waals surface area contributed by atoms with Crippen molar-refractivity contribution in [2.24, 2.45) is 7.05 Å². The summed E-state index contributed by atoms with van der Waals surface area (Å²) in [6, 6.07) is 3.91. The van der Waals surface area contributed by atoms with Crippen molar-refractivity contribution in [3.8, 4) is 11.6 Å². The highest BCUT2D eigenvalue weighted by Crippen LogP contribution is 2.31. The van der Waals surface area contributed by atoms with Gasteiger partial charge in [0.1, 0.15) is 17.4 Å². The van der Waals surface area contributed by atoms with E-state index in [-0.39, 0.29) is 12.0 Å². The van der Waals surface area contributed by atoms with Crippen molar-refractivity contribution in [1.82, 2.24) is 29.6 Å². The monoisotopic (exact) mass is 450 g/mol. The van der Waals surface area contributed by atoms with Crippen LogP contribution in [0, 0.1) is 0 Å². The molecule has 4 aromatic heterocycles. The fraction of sp³-hybridized carbons (Fsp3) is 0.391. The van der Waals surface area contributed by atoms with Gasteiger partial charge in [0.2, 0.25) is 5.88 Å². The van der Waals surface area contributed by atoms with Gasteiger partial charge in [0.15, 0.2) is 0 Å². The van der Waals surface area contributed by atoms with Gasteiger partial charge in [-0.05, 0) is 44.7 Å². The molecule has 0 atom stereocenters. The summed E-state index contributed by atoms with van der Waals surface area (Å²) in [6.07, 6.45) is 11.0. The number of nitrogens with one attached hydrogen (secondary N) is 1. The molecular formula is C23H26N6O2S. The number of hydrogen-bond acceptors (Lipinski definition) is 6. The first-order valence-electron chi connectivity index (χ1n) is 11.0. The molecule has 1 N–H and O–H groups in total. The zero-order valence-corrected chi connectivity index (χ0v) is 19.1. The molecule has 1 amide bonds. The summed E-state index contributed by atoms with van der Waals surface area (Å²) in [6.45, 7) is 2.53. The van der Waals surface area contributed by atoms with Gasteiger partial charge in [-0.2, -0.15) is 10.1 Å². The van der Waals surface area contributed by atoms with Gasteiger partial charge in [0, 0.05) is 42.7 Å². The molecule has 0 spiro atoms. The second-order valence-electron chi connectivity index (χ2n) is 8.10. The third-order valence-electron chi connectivity index (χ3n) is 5.68. The Bertz CT molecular complexity index is 1250. The van der Waals surface area contributed by atoms with Crippen LogP contribution >= 0.6 is 11.3 Å². The molecule has 4 heterocycles. The van der Waals surface area contributed by atoms with Crippen molar-refractivity contribution in [2.45, 2.75) is 45.1 Å². The van der Waals surface area contributed by atoms with Gasteiger partial charge in [-0.25, -0.2) is 4.98 Å². The molecule has 8 nitrogen and oxygen atoms in total. The largest absolute Gasteiger partial charge is 0.473 e. The van der Waals surface area contributed by atoms with Crippen molar-refractivity contribution in [3.05, 3.63) is 52.4 Å². The summed E-state index contributed by atoms with van der Waals surface area (Å²) < 4.78 is 10.2. The highest BCUT2D eigenvalue weighted by molar-refractivity contribution is 7.10. The summed E-state index contributed by atoms with van der Waals surface area (Å²) in [4.78, 5) is 22.8. The molecule has 166 valence electrons. The van der Waals surface area contributed by atoms with Crippen LogP contribution in [0.4, 0.5) is 0 Å². The molecule has 0 aromatic carbocycles. The third-order valence-corrected chi connectivity index (χ3v) is 6.62. The molecule has 5 rings (SSSR count). The van der Waals surface area contributed by atoms with Gasteiger partial charge in [-0.1, -0.05) is 0 Å². The molecule has 1 aliphatic carbocycles. The quantitative estimate of drug-likeness (QED) is 0.462. The number of amides is 1. The fourth-order valence-corrected chi connectivity index (χ4v) is 5.00. The Morgan fingerprint density at radius 3 is 2.91 bits per heavy atom. The number of aryl methyl sites for hydroxylation is 1. The molecule has 4 aromatic rings. The Morgan fingerprint density at radius 1 is 1.31 bits per heavy atom. The summed E-state index contributed by atoms with van der Waals surface area (Å²) in [5, 5.41) is 9.02. The predicted octanol–water partition coefficient (Wildman–Crippen LogP) is 3.88. The summed E-state index contributed by atoms with van der Waals surface area (Å²) >= 11 is 1.55. The molecule has 32 heavy (non-hydrogen) atoms. The molecule has 0 unspecified atom stereocenters. The number of hydrogen-bond donors (Lipinski definition) is 1. The van der Waals surface area contributed by atoms with Gasteiger partial charge in [-0.15, -0.1) is 11.3 Å². The highest BCUT2D eigenvalue weighted by Gasteiger charge is 2.22. The molecule has 0 bridgehead atoms. The van der Waals surface area contributed by atoms with Crippen molar-refractivity contribution in [2.75, 3.05) is 6.54 Å². The number of carbonyl (C=O) groups is 1. The van der Waals surface area contributed by atoms with E-state index < -0.39 is 0 Å². The average molecular weight is 451 g/mol. The minimum absolute atomic E-state index is 0.0508. The molecule has 9 heteroatoms. The van der Waals surface area contributed by atoms with E-state index in [9.17, 15) is 4.79 Å². The second kappa shape index (κ2) is 8.74. The van der Waals surface area contributed by atoms with E-state index in [0.29, 0.717) is 30.2 Å². The first-order valence-corrected chi connectivity index (χ1v) is 11.9. The van der Waals surface area contributed by atoms with Crippen LogP contribution in [0.15, 0.2) is 36.1 Å².